The average molecular weight is 318 g/mol. The van der Waals surface area contributed by atoms with Crippen molar-refractivity contribution in [2.75, 3.05) is 6.54 Å². The summed E-state index contributed by atoms with van der Waals surface area (Å²) in [6, 6.07) is 7.53. The maximum absolute atomic E-state index is 13.1. The van der Waals surface area contributed by atoms with E-state index in [0.717, 1.165) is 23.8 Å². The number of hydrogen-bond donors (Lipinski definition) is 0. The van der Waals surface area contributed by atoms with Crippen LogP contribution in [0.15, 0.2) is 35.4 Å². The Kier molecular flexibility index (Phi) is 3.95. The molecule has 0 bridgehead atoms. The fraction of sp³-hybridized carbons (Fsp3) is 0.471. The molecule has 4 nitrogen and oxygen atoms in total. The molecule has 0 saturated heterocycles. The smallest absolute Gasteiger partial charge is 0.245 e. The molecule has 1 aromatic heterocycles. The van der Waals surface area contributed by atoms with Crippen molar-refractivity contribution in [2.24, 2.45) is 5.92 Å². The number of aromatic nitrogens is 1. The summed E-state index contributed by atoms with van der Waals surface area (Å²) in [5.41, 5.74) is 1.60. The van der Waals surface area contributed by atoms with Gasteiger partial charge in [-0.1, -0.05) is 26.0 Å². The van der Waals surface area contributed by atoms with Gasteiger partial charge in [0, 0.05) is 24.2 Å². The van der Waals surface area contributed by atoms with Gasteiger partial charge in [0.05, 0.1) is 5.52 Å². The first-order valence-electron chi connectivity index (χ1n) is 7.77. The molecule has 0 amide bonds. The summed E-state index contributed by atoms with van der Waals surface area (Å²) in [4.78, 5) is 4.71. The molecule has 0 spiro atoms. The highest BCUT2D eigenvalue weighted by Crippen LogP contribution is 2.34. The summed E-state index contributed by atoms with van der Waals surface area (Å²) in [5, 5.41) is 0.876. The van der Waals surface area contributed by atoms with Crippen molar-refractivity contribution < 1.29 is 8.42 Å². The van der Waals surface area contributed by atoms with Crippen LogP contribution in [0.25, 0.3) is 10.9 Å². The second-order valence-corrected chi connectivity index (χ2v) is 8.40. The van der Waals surface area contributed by atoms with E-state index in [2.05, 4.69) is 18.8 Å². The Morgan fingerprint density at radius 2 is 2.05 bits per heavy atom. The van der Waals surface area contributed by atoms with Crippen molar-refractivity contribution in [2.45, 2.75) is 44.6 Å². The lowest BCUT2D eigenvalue weighted by Gasteiger charge is -2.24. The third-order valence-electron chi connectivity index (χ3n) is 3.90. The van der Waals surface area contributed by atoms with E-state index in [4.69, 9.17) is 0 Å². The first-order valence-corrected chi connectivity index (χ1v) is 9.21. The minimum Gasteiger partial charge on any atom is -0.255 e. The van der Waals surface area contributed by atoms with Crippen LogP contribution < -0.4 is 0 Å². The standard InChI is InChI=1S/C17H22N2O2S/c1-12(2)11-19(15-7-8-15)22(20,21)16-6-4-5-14-9-13(3)10-18-17(14)16/h4-6,9-10,12,15H,7-8,11H2,1-3H3. The predicted octanol–water partition coefficient (Wildman–Crippen LogP) is 3.35. The van der Waals surface area contributed by atoms with Gasteiger partial charge < -0.3 is 0 Å². The molecule has 0 atom stereocenters. The molecule has 2 aromatic rings. The van der Waals surface area contributed by atoms with Crippen LogP contribution in [0.5, 0.6) is 0 Å². The molecule has 0 aliphatic heterocycles. The van der Waals surface area contributed by atoms with Gasteiger partial charge in [0.15, 0.2) is 0 Å². The third-order valence-corrected chi connectivity index (χ3v) is 5.85. The van der Waals surface area contributed by atoms with Gasteiger partial charge in [0.25, 0.3) is 0 Å². The van der Waals surface area contributed by atoms with Crippen molar-refractivity contribution in [1.29, 1.82) is 0 Å². The van der Waals surface area contributed by atoms with Gasteiger partial charge in [0.2, 0.25) is 10.0 Å². The van der Waals surface area contributed by atoms with E-state index in [-0.39, 0.29) is 6.04 Å². The zero-order valence-corrected chi connectivity index (χ0v) is 14.1. The van der Waals surface area contributed by atoms with Gasteiger partial charge in [-0.15, -0.1) is 0 Å². The first kappa shape index (κ1) is 15.4. The van der Waals surface area contributed by atoms with Gasteiger partial charge in [-0.05, 0) is 43.4 Å². The highest BCUT2D eigenvalue weighted by atomic mass is 32.2. The number of nitrogens with zero attached hydrogens (tertiary/aromatic N) is 2. The van der Waals surface area contributed by atoms with E-state index in [1.54, 1.807) is 22.6 Å². The minimum absolute atomic E-state index is 0.160. The Morgan fingerprint density at radius 1 is 1.32 bits per heavy atom. The number of pyridine rings is 1. The molecule has 0 unspecified atom stereocenters. The van der Waals surface area contributed by atoms with Crippen LogP contribution in [-0.4, -0.2) is 30.3 Å². The fourth-order valence-electron chi connectivity index (χ4n) is 2.74. The van der Waals surface area contributed by atoms with Gasteiger partial charge >= 0.3 is 0 Å². The molecule has 3 rings (SSSR count). The van der Waals surface area contributed by atoms with E-state index < -0.39 is 10.0 Å². The van der Waals surface area contributed by atoms with Gasteiger partial charge in [0.1, 0.15) is 4.90 Å². The Hall–Kier alpha value is -1.46. The quantitative estimate of drug-likeness (QED) is 0.849. The van der Waals surface area contributed by atoms with Crippen LogP contribution in [-0.2, 0) is 10.0 Å². The summed E-state index contributed by atoms with van der Waals surface area (Å²) >= 11 is 0. The van der Waals surface area contributed by atoms with E-state index in [0.29, 0.717) is 22.9 Å². The zero-order valence-electron chi connectivity index (χ0n) is 13.3. The summed E-state index contributed by atoms with van der Waals surface area (Å²) in [7, 11) is -3.50. The van der Waals surface area contributed by atoms with Crippen LogP contribution in [0, 0.1) is 12.8 Å². The average Bonchev–Trinajstić information content (AvgIpc) is 3.27. The number of sulfonamides is 1. The highest BCUT2D eigenvalue weighted by molar-refractivity contribution is 7.89. The summed E-state index contributed by atoms with van der Waals surface area (Å²) < 4.78 is 27.9. The maximum atomic E-state index is 13.1. The molecule has 1 aromatic carbocycles. The molecular weight excluding hydrogens is 296 g/mol. The largest absolute Gasteiger partial charge is 0.255 e. The Morgan fingerprint density at radius 3 is 2.68 bits per heavy atom. The highest BCUT2D eigenvalue weighted by Gasteiger charge is 2.39. The van der Waals surface area contributed by atoms with Crippen LogP contribution >= 0.6 is 0 Å². The zero-order chi connectivity index (χ0) is 15.9. The van der Waals surface area contributed by atoms with Crippen molar-refractivity contribution in [1.82, 2.24) is 9.29 Å². The van der Waals surface area contributed by atoms with Crippen LogP contribution in [0.2, 0.25) is 0 Å². The lowest BCUT2D eigenvalue weighted by atomic mass is 10.2. The lowest BCUT2D eigenvalue weighted by Crippen LogP contribution is -2.36. The molecule has 22 heavy (non-hydrogen) atoms. The summed E-state index contributed by atoms with van der Waals surface area (Å²) in [6.07, 6.45) is 3.65. The first-order chi connectivity index (χ1) is 10.4. The second-order valence-electron chi connectivity index (χ2n) is 6.54. The number of para-hydroxylation sites is 1. The van der Waals surface area contributed by atoms with Crippen molar-refractivity contribution in [3.8, 4) is 0 Å². The maximum Gasteiger partial charge on any atom is 0.245 e. The van der Waals surface area contributed by atoms with E-state index in [1.807, 2.05) is 19.1 Å². The fourth-order valence-corrected chi connectivity index (χ4v) is 4.76. The summed E-state index contributed by atoms with van der Waals surface area (Å²) in [6.45, 7) is 6.63. The Bertz CT molecular complexity index is 795. The third kappa shape index (κ3) is 2.88. The van der Waals surface area contributed by atoms with Gasteiger partial charge in [-0.25, -0.2) is 8.42 Å². The number of hydrogen-bond acceptors (Lipinski definition) is 3. The molecule has 5 heteroatoms. The normalized spacial score (nSPS) is 15.9. The molecular formula is C17H22N2O2S. The SMILES string of the molecule is Cc1cnc2c(S(=O)(=O)N(CC(C)C)C3CC3)cccc2c1. The van der Waals surface area contributed by atoms with E-state index in [9.17, 15) is 8.42 Å². The van der Waals surface area contributed by atoms with E-state index in [1.165, 1.54) is 0 Å². The molecule has 118 valence electrons. The molecule has 1 fully saturated rings. The Balaban J connectivity index is 2.12. The summed E-state index contributed by atoms with van der Waals surface area (Å²) in [5.74, 6) is 0.306. The van der Waals surface area contributed by atoms with Gasteiger partial charge in [-0.3, -0.25) is 4.98 Å². The van der Waals surface area contributed by atoms with Crippen molar-refractivity contribution in [3.63, 3.8) is 0 Å². The number of rotatable bonds is 5. The van der Waals surface area contributed by atoms with Crippen LogP contribution in [0.1, 0.15) is 32.3 Å². The van der Waals surface area contributed by atoms with Gasteiger partial charge in [-0.2, -0.15) is 4.31 Å². The molecule has 1 saturated carbocycles. The van der Waals surface area contributed by atoms with Crippen LogP contribution in [0.3, 0.4) is 0 Å². The Labute approximate surface area is 132 Å². The molecule has 1 heterocycles. The molecule has 0 radical (unpaired) electrons. The van der Waals surface area contributed by atoms with Crippen molar-refractivity contribution >= 4 is 20.9 Å². The monoisotopic (exact) mass is 318 g/mol. The second kappa shape index (κ2) is 5.63. The topological polar surface area (TPSA) is 50.3 Å². The van der Waals surface area contributed by atoms with Crippen LogP contribution in [0.4, 0.5) is 0 Å². The molecule has 1 aliphatic rings. The number of fused-ring (bicyclic) bond motifs is 1. The van der Waals surface area contributed by atoms with E-state index >= 15 is 0 Å². The predicted molar refractivity (Wildman–Crippen MR) is 88.2 cm³/mol. The minimum atomic E-state index is -3.50. The number of benzene rings is 1. The number of aryl methyl sites for hydroxylation is 1. The molecule has 0 N–H and O–H groups in total. The lowest BCUT2D eigenvalue weighted by molar-refractivity contribution is 0.360. The molecule has 1 aliphatic carbocycles. The van der Waals surface area contributed by atoms with Crippen molar-refractivity contribution in [3.05, 3.63) is 36.0 Å².